The van der Waals surface area contributed by atoms with Crippen molar-refractivity contribution in [2.75, 3.05) is 13.6 Å². The summed E-state index contributed by atoms with van der Waals surface area (Å²) in [6, 6.07) is 21.7. The standard InChI is InChI=1S/C24H22ClN3O3S/c1-27(15-19-12-13-20(25)32-19)21(29)16-28-22(30)24(26-23(28)31,18-10-6-3-7-11-18)14-17-8-4-2-5-9-17/h2-13H,14-16H2,1H3,(H,26,31). The van der Waals surface area contributed by atoms with E-state index in [0.29, 0.717) is 16.4 Å². The summed E-state index contributed by atoms with van der Waals surface area (Å²) < 4.78 is 0.642. The van der Waals surface area contributed by atoms with E-state index < -0.39 is 17.5 Å². The van der Waals surface area contributed by atoms with Gasteiger partial charge in [-0.3, -0.25) is 14.5 Å². The topological polar surface area (TPSA) is 69.7 Å². The Hall–Kier alpha value is -3.16. The smallest absolute Gasteiger partial charge is 0.325 e. The van der Waals surface area contributed by atoms with Crippen LogP contribution < -0.4 is 5.32 Å². The monoisotopic (exact) mass is 467 g/mol. The highest BCUT2D eigenvalue weighted by molar-refractivity contribution is 7.16. The number of carbonyl (C=O) groups excluding carboxylic acids is 3. The highest BCUT2D eigenvalue weighted by Gasteiger charge is 2.52. The maximum Gasteiger partial charge on any atom is 0.325 e. The summed E-state index contributed by atoms with van der Waals surface area (Å²) in [4.78, 5) is 42.8. The van der Waals surface area contributed by atoms with Crippen LogP contribution in [0.15, 0.2) is 72.8 Å². The Bertz CT molecular complexity index is 1140. The van der Waals surface area contributed by atoms with Gasteiger partial charge in [-0.25, -0.2) is 4.79 Å². The lowest BCUT2D eigenvalue weighted by Gasteiger charge is -2.28. The first-order valence-corrected chi connectivity index (χ1v) is 11.3. The van der Waals surface area contributed by atoms with Crippen molar-refractivity contribution in [1.29, 1.82) is 0 Å². The van der Waals surface area contributed by atoms with Gasteiger partial charge in [0.15, 0.2) is 5.54 Å². The first-order valence-electron chi connectivity index (χ1n) is 10.1. The fourth-order valence-corrected chi connectivity index (χ4v) is 4.97. The van der Waals surface area contributed by atoms with E-state index in [1.54, 1.807) is 13.1 Å². The fourth-order valence-electron chi connectivity index (χ4n) is 3.83. The normalized spacial score (nSPS) is 18.0. The van der Waals surface area contributed by atoms with Gasteiger partial charge < -0.3 is 10.2 Å². The van der Waals surface area contributed by atoms with Crippen LogP contribution in [0.4, 0.5) is 4.79 Å². The van der Waals surface area contributed by atoms with Crippen LogP contribution in [-0.4, -0.2) is 41.2 Å². The van der Waals surface area contributed by atoms with Crippen molar-refractivity contribution >= 4 is 40.8 Å². The van der Waals surface area contributed by atoms with Gasteiger partial charge in [-0.15, -0.1) is 11.3 Å². The molecule has 0 radical (unpaired) electrons. The molecule has 1 saturated heterocycles. The summed E-state index contributed by atoms with van der Waals surface area (Å²) in [6.07, 6.45) is 0.288. The second-order valence-corrected chi connectivity index (χ2v) is 9.51. The minimum absolute atomic E-state index is 0.288. The highest BCUT2D eigenvalue weighted by Crippen LogP contribution is 2.33. The third kappa shape index (κ3) is 4.40. The average Bonchev–Trinajstić information content (AvgIpc) is 3.31. The van der Waals surface area contributed by atoms with Crippen molar-refractivity contribution in [3.8, 4) is 0 Å². The average molecular weight is 468 g/mol. The predicted molar refractivity (Wildman–Crippen MR) is 124 cm³/mol. The van der Waals surface area contributed by atoms with Gasteiger partial charge in [0.1, 0.15) is 6.54 Å². The summed E-state index contributed by atoms with van der Waals surface area (Å²) in [6.45, 7) is 0.0252. The fraction of sp³-hybridized carbons (Fsp3) is 0.208. The van der Waals surface area contributed by atoms with Gasteiger partial charge in [0.25, 0.3) is 5.91 Å². The number of urea groups is 1. The number of nitrogens with zero attached hydrogens (tertiary/aromatic N) is 2. The Labute approximate surface area is 195 Å². The first kappa shape index (κ1) is 22.0. The summed E-state index contributed by atoms with van der Waals surface area (Å²) in [5.41, 5.74) is 0.323. The number of halogens is 1. The van der Waals surface area contributed by atoms with E-state index >= 15 is 0 Å². The number of nitrogens with one attached hydrogen (secondary N) is 1. The number of benzene rings is 2. The SMILES string of the molecule is CN(Cc1ccc(Cl)s1)C(=O)CN1C(=O)NC(Cc2ccccc2)(c2ccccc2)C1=O. The number of thiophene rings is 1. The van der Waals surface area contributed by atoms with E-state index in [1.807, 2.05) is 66.7 Å². The molecule has 164 valence electrons. The summed E-state index contributed by atoms with van der Waals surface area (Å²) >= 11 is 7.35. The van der Waals surface area contributed by atoms with Gasteiger partial charge in [0.2, 0.25) is 5.91 Å². The second-order valence-electron chi connectivity index (χ2n) is 7.71. The summed E-state index contributed by atoms with van der Waals surface area (Å²) in [7, 11) is 1.64. The molecule has 2 heterocycles. The Morgan fingerprint density at radius 2 is 1.69 bits per heavy atom. The van der Waals surface area contributed by atoms with Gasteiger partial charge in [-0.2, -0.15) is 0 Å². The Morgan fingerprint density at radius 3 is 2.31 bits per heavy atom. The van der Waals surface area contributed by atoms with Crippen LogP contribution in [0.25, 0.3) is 0 Å². The van der Waals surface area contributed by atoms with Gasteiger partial charge in [0, 0.05) is 18.3 Å². The number of hydrogen-bond donors (Lipinski definition) is 1. The molecule has 0 aliphatic carbocycles. The highest BCUT2D eigenvalue weighted by atomic mass is 35.5. The second kappa shape index (κ2) is 9.14. The van der Waals surface area contributed by atoms with Gasteiger partial charge in [0.05, 0.1) is 10.9 Å². The first-order chi connectivity index (χ1) is 15.4. The minimum atomic E-state index is -1.26. The number of imide groups is 1. The number of rotatable bonds is 7. The Kier molecular flexibility index (Phi) is 6.30. The molecule has 6 nitrogen and oxygen atoms in total. The summed E-state index contributed by atoms with van der Waals surface area (Å²) in [5, 5.41) is 2.88. The molecule has 1 N–H and O–H groups in total. The Morgan fingerprint density at radius 1 is 1.03 bits per heavy atom. The molecule has 0 saturated carbocycles. The van der Waals surface area contributed by atoms with Crippen LogP contribution in [0.2, 0.25) is 4.34 Å². The van der Waals surface area contributed by atoms with Crippen LogP contribution in [-0.2, 0) is 28.1 Å². The van der Waals surface area contributed by atoms with Crippen LogP contribution in [0.1, 0.15) is 16.0 Å². The van der Waals surface area contributed by atoms with E-state index in [2.05, 4.69) is 5.32 Å². The molecule has 1 aliphatic rings. The molecule has 4 amide bonds. The van der Waals surface area contributed by atoms with Crippen LogP contribution >= 0.6 is 22.9 Å². The van der Waals surface area contributed by atoms with E-state index in [-0.39, 0.29) is 18.9 Å². The van der Waals surface area contributed by atoms with Crippen molar-refractivity contribution < 1.29 is 14.4 Å². The zero-order chi connectivity index (χ0) is 22.7. The molecule has 32 heavy (non-hydrogen) atoms. The van der Waals surface area contributed by atoms with Crippen molar-refractivity contribution in [3.63, 3.8) is 0 Å². The van der Waals surface area contributed by atoms with Gasteiger partial charge >= 0.3 is 6.03 Å². The van der Waals surface area contributed by atoms with E-state index in [1.165, 1.54) is 16.2 Å². The van der Waals surface area contributed by atoms with Gasteiger partial charge in [-0.1, -0.05) is 72.3 Å². The zero-order valence-corrected chi connectivity index (χ0v) is 19.0. The van der Waals surface area contributed by atoms with E-state index in [4.69, 9.17) is 11.6 Å². The maximum absolute atomic E-state index is 13.6. The van der Waals surface area contributed by atoms with Crippen molar-refractivity contribution in [2.24, 2.45) is 0 Å². The maximum atomic E-state index is 13.6. The minimum Gasteiger partial charge on any atom is -0.339 e. The zero-order valence-electron chi connectivity index (χ0n) is 17.5. The third-order valence-electron chi connectivity index (χ3n) is 5.50. The molecule has 0 bridgehead atoms. The lowest BCUT2D eigenvalue weighted by atomic mass is 9.83. The lowest BCUT2D eigenvalue weighted by Crippen LogP contribution is -2.47. The van der Waals surface area contributed by atoms with Crippen molar-refractivity contribution in [2.45, 2.75) is 18.5 Å². The molecular weight excluding hydrogens is 446 g/mol. The van der Waals surface area contributed by atoms with Crippen molar-refractivity contribution in [1.82, 2.24) is 15.1 Å². The number of hydrogen-bond acceptors (Lipinski definition) is 4. The molecule has 2 aromatic carbocycles. The molecular formula is C24H22ClN3O3S. The van der Waals surface area contributed by atoms with Crippen LogP contribution in [0, 0.1) is 0 Å². The number of likely N-dealkylation sites (N-methyl/N-ethyl adjacent to an activating group) is 1. The van der Waals surface area contributed by atoms with Crippen molar-refractivity contribution in [3.05, 3.63) is 93.1 Å². The quantitative estimate of drug-likeness (QED) is 0.533. The molecule has 1 atom stereocenters. The Balaban J connectivity index is 1.57. The van der Waals surface area contributed by atoms with Crippen LogP contribution in [0.5, 0.6) is 0 Å². The summed E-state index contributed by atoms with van der Waals surface area (Å²) in [5.74, 6) is -0.764. The van der Waals surface area contributed by atoms with Crippen LogP contribution in [0.3, 0.4) is 0 Å². The predicted octanol–water partition coefficient (Wildman–Crippen LogP) is 4.05. The largest absolute Gasteiger partial charge is 0.339 e. The molecule has 1 fully saturated rings. The molecule has 1 aliphatic heterocycles. The van der Waals surface area contributed by atoms with E-state index in [0.717, 1.165) is 15.3 Å². The molecule has 8 heteroatoms. The number of carbonyl (C=O) groups is 3. The molecule has 1 aromatic heterocycles. The third-order valence-corrected chi connectivity index (χ3v) is 6.71. The molecule has 3 aromatic rings. The molecule has 0 spiro atoms. The number of amides is 4. The van der Waals surface area contributed by atoms with E-state index in [9.17, 15) is 14.4 Å². The van der Waals surface area contributed by atoms with Gasteiger partial charge in [-0.05, 0) is 23.3 Å². The molecule has 1 unspecified atom stereocenters. The lowest BCUT2D eigenvalue weighted by molar-refractivity contribution is -0.138. The molecule has 4 rings (SSSR count).